The molecule has 2 aromatic rings. The van der Waals surface area contributed by atoms with Gasteiger partial charge in [0.15, 0.2) is 16.7 Å². The van der Waals surface area contributed by atoms with Crippen LogP contribution in [0.1, 0.15) is 24.0 Å². The van der Waals surface area contributed by atoms with Crippen LogP contribution >= 0.6 is 11.8 Å². The van der Waals surface area contributed by atoms with Gasteiger partial charge in [0.2, 0.25) is 6.79 Å². The fraction of sp³-hybridized carbons (Fsp3) is 0.278. The summed E-state index contributed by atoms with van der Waals surface area (Å²) in [5.41, 5.74) is 1.70. The second-order valence-corrected chi connectivity index (χ2v) is 6.83. The summed E-state index contributed by atoms with van der Waals surface area (Å²) >= 11 is 1.33. The number of carbonyl (C=O) groups excluding carboxylic acids is 1. The number of fused-ring (bicyclic) bond motifs is 2. The van der Waals surface area contributed by atoms with Crippen molar-refractivity contribution in [2.24, 2.45) is 0 Å². The number of ether oxygens (including phenoxy) is 3. The van der Waals surface area contributed by atoms with E-state index in [9.17, 15) is 9.59 Å². The van der Waals surface area contributed by atoms with Crippen LogP contribution in [0.4, 0.5) is 5.82 Å². The topological polar surface area (TPSA) is 103 Å². The highest BCUT2D eigenvalue weighted by atomic mass is 32.2. The molecule has 9 heteroatoms. The molecular weight excluding hydrogens is 370 g/mol. The maximum absolute atomic E-state index is 12.8. The molecule has 0 aliphatic carbocycles. The summed E-state index contributed by atoms with van der Waals surface area (Å²) < 4.78 is 15.8. The molecule has 1 atom stereocenters. The van der Waals surface area contributed by atoms with E-state index in [1.54, 1.807) is 19.1 Å². The largest absolute Gasteiger partial charge is 0.466 e. The molecule has 3 heterocycles. The molecule has 2 aliphatic heterocycles. The first kappa shape index (κ1) is 17.5. The molecule has 0 radical (unpaired) electrons. The van der Waals surface area contributed by atoms with E-state index < -0.39 is 11.9 Å². The third-order valence-corrected chi connectivity index (χ3v) is 5.13. The Bertz CT molecular complexity index is 1030. The van der Waals surface area contributed by atoms with Crippen molar-refractivity contribution in [2.45, 2.75) is 18.0 Å². The van der Waals surface area contributed by atoms with E-state index in [2.05, 4.69) is 15.3 Å². The maximum Gasteiger partial charge on any atom is 0.336 e. The third kappa shape index (κ3) is 2.84. The molecule has 27 heavy (non-hydrogen) atoms. The Hall–Kier alpha value is -2.94. The highest BCUT2D eigenvalue weighted by molar-refractivity contribution is 7.98. The van der Waals surface area contributed by atoms with Crippen LogP contribution in [0.2, 0.25) is 0 Å². The molecule has 0 bridgehead atoms. The summed E-state index contributed by atoms with van der Waals surface area (Å²) in [5, 5.41) is 3.56. The van der Waals surface area contributed by atoms with E-state index in [-0.39, 0.29) is 12.4 Å². The molecule has 0 saturated heterocycles. The average Bonchev–Trinajstić information content (AvgIpc) is 3.13. The Balaban J connectivity index is 1.96. The molecule has 0 spiro atoms. The van der Waals surface area contributed by atoms with E-state index in [0.29, 0.717) is 44.9 Å². The van der Waals surface area contributed by atoms with E-state index >= 15 is 0 Å². The molecule has 2 aliphatic rings. The zero-order valence-electron chi connectivity index (χ0n) is 14.9. The summed E-state index contributed by atoms with van der Waals surface area (Å²) in [7, 11) is 1.31. The van der Waals surface area contributed by atoms with Gasteiger partial charge in [0.05, 0.1) is 24.2 Å². The maximum atomic E-state index is 12.8. The number of hydrogen-bond acceptors (Lipinski definition) is 8. The van der Waals surface area contributed by atoms with Gasteiger partial charge in [-0.1, -0.05) is 17.8 Å². The van der Waals surface area contributed by atoms with Crippen molar-refractivity contribution < 1.29 is 19.0 Å². The van der Waals surface area contributed by atoms with Gasteiger partial charge in [-0.05, 0) is 30.9 Å². The fourth-order valence-corrected chi connectivity index (χ4v) is 3.71. The number of aromatic nitrogens is 2. The van der Waals surface area contributed by atoms with E-state index in [1.807, 2.05) is 12.3 Å². The van der Waals surface area contributed by atoms with Crippen molar-refractivity contribution in [3.05, 3.63) is 50.9 Å². The normalized spacial score (nSPS) is 17.4. The molecule has 0 saturated carbocycles. The summed E-state index contributed by atoms with van der Waals surface area (Å²) in [6.07, 6.45) is 1.82. The number of aromatic amines is 1. The lowest BCUT2D eigenvalue weighted by Crippen LogP contribution is -2.30. The second-order valence-electron chi connectivity index (χ2n) is 6.04. The van der Waals surface area contributed by atoms with Crippen LogP contribution in [0, 0.1) is 0 Å². The van der Waals surface area contributed by atoms with Crippen molar-refractivity contribution in [3.63, 3.8) is 0 Å². The van der Waals surface area contributed by atoms with Gasteiger partial charge in [0.1, 0.15) is 5.82 Å². The van der Waals surface area contributed by atoms with Gasteiger partial charge in [-0.3, -0.25) is 4.79 Å². The van der Waals surface area contributed by atoms with Gasteiger partial charge in [-0.25, -0.2) is 9.78 Å². The van der Waals surface area contributed by atoms with Crippen molar-refractivity contribution >= 4 is 23.5 Å². The predicted molar refractivity (Wildman–Crippen MR) is 99.4 cm³/mol. The number of nitrogens with zero attached hydrogens (tertiary/aromatic N) is 1. The number of anilines is 1. The van der Waals surface area contributed by atoms with Gasteiger partial charge in [0, 0.05) is 5.70 Å². The Morgan fingerprint density at radius 3 is 2.85 bits per heavy atom. The Kier molecular flexibility index (Phi) is 4.31. The molecule has 1 aromatic carbocycles. The summed E-state index contributed by atoms with van der Waals surface area (Å²) in [5.74, 6) is 0.463. The van der Waals surface area contributed by atoms with Gasteiger partial charge in [-0.15, -0.1) is 0 Å². The standard InChI is InChI=1S/C18H17N3O5S/c1-8-12(17(23)24-2)13(9-4-5-10-11(6-9)26-7-25-10)14-15(19-8)20-18(27-3)21-16(14)22/h4-6,13H,7H2,1-3H3,(H2,19,20,21,22). The van der Waals surface area contributed by atoms with Gasteiger partial charge < -0.3 is 24.5 Å². The van der Waals surface area contributed by atoms with E-state index in [0.717, 1.165) is 0 Å². The predicted octanol–water partition coefficient (Wildman–Crippen LogP) is 2.22. The smallest absolute Gasteiger partial charge is 0.336 e. The molecule has 4 rings (SSSR count). The number of esters is 1. The van der Waals surface area contributed by atoms with Crippen LogP contribution in [0.25, 0.3) is 0 Å². The Morgan fingerprint density at radius 2 is 2.11 bits per heavy atom. The van der Waals surface area contributed by atoms with Gasteiger partial charge in [-0.2, -0.15) is 0 Å². The SMILES string of the molecule is COC(=O)C1=C(C)Nc2nc(SC)[nH]c(=O)c2C1c1ccc2c(c1)OCO2. The first-order valence-electron chi connectivity index (χ1n) is 8.17. The van der Waals surface area contributed by atoms with Gasteiger partial charge in [0.25, 0.3) is 5.56 Å². The summed E-state index contributed by atoms with van der Waals surface area (Å²) in [4.78, 5) is 32.6. The number of rotatable bonds is 3. The number of carbonyl (C=O) groups is 1. The summed E-state index contributed by atoms with van der Waals surface area (Å²) in [6.45, 7) is 1.90. The van der Waals surface area contributed by atoms with Crippen LogP contribution in [0.5, 0.6) is 11.5 Å². The van der Waals surface area contributed by atoms with Crippen molar-refractivity contribution in [2.75, 3.05) is 25.5 Å². The zero-order valence-corrected chi connectivity index (χ0v) is 15.7. The number of allylic oxidation sites excluding steroid dienone is 1. The quantitative estimate of drug-likeness (QED) is 0.470. The van der Waals surface area contributed by atoms with Gasteiger partial charge >= 0.3 is 5.97 Å². The van der Waals surface area contributed by atoms with Crippen LogP contribution in [0.3, 0.4) is 0 Å². The number of thioether (sulfide) groups is 1. The number of H-pyrrole nitrogens is 1. The molecule has 2 N–H and O–H groups in total. The first-order chi connectivity index (χ1) is 13.0. The average molecular weight is 387 g/mol. The van der Waals surface area contributed by atoms with E-state index in [4.69, 9.17) is 14.2 Å². The Labute approximate surface area is 158 Å². The number of methoxy groups -OCH3 is 1. The van der Waals surface area contributed by atoms with Crippen molar-refractivity contribution in [1.29, 1.82) is 0 Å². The van der Waals surface area contributed by atoms with Crippen LogP contribution in [-0.2, 0) is 9.53 Å². The summed E-state index contributed by atoms with van der Waals surface area (Å²) in [6, 6.07) is 5.35. The number of nitrogens with one attached hydrogen (secondary N) is 2. The zero-order chi connectivity index (χ0) is 19.1. The number of hydrogen-bond donors (Lipinski definition) is 2. The fourth-order valence-electron chi connectivity index (χ4n) is 3.33. The molecule has 0 fully saturated rings. The Morgan fingerprint density at radius 1 is 1.33 bits per heavy atom. The lowest BCUT2D eigenvalue weighted by molar-refractivity contribution is -0.136. The van der Waals surface area contributed by atoms with Crippen molar-refractivity contribution in [3.8, 4) is 11.5 Å². The molecular formula is C18H17N3O5S. The molecule has 1 aromatic heterocycles. The second kappa shape index (κ2) is 6.66. The van der Waals surface area contributed by atoms with Crippen LogP contribution in [0.15, 0.2) is 39.4 Å². The minimum atomic E-state index is -0.643. The third-order valence-electron chi connectivity index (χ3n) is 4.55. The first-order valence-corrected chi connectivity index (χ1v) is 9.39. The minimum absolute atomic E-state index is 0.138. The van der Waals surface area contributed by atoms with Crippen LogP contribution in [-0.4, -0.2) is 36.1 Å². The lowest BCUT2D eigenvalue weighted by atomic mass is 9.82. The van der Waals surface area contributed by atoms with Crippen LogP contribution < -0.4 is 20.3 Å². The highest BCUT2D eigenvalue weighted by Crippen LogP contribution is 2.43. The minimum Gasteiger partial charge on any atom is -0.466 e. The molecule has 140 valence electrons. The van der Waals surface area contributed by atoms with E-state index in [1.165, 1.54) is 18.9 Å². The molecule has 0 amide bonds. The monoisotopic (exact) mass is 387 g/mol. The molecule has 1 unspecified atom stereocenters. The lowest BCUT2D eigenvalue weighted by Gasteiger charge is -2.28. The molecule has 8 nitrogen and oxygen atoms in total. The van der Waals surface area contributed by atoms with Crippen molar-refractivity contribution in [1.82, 2.24) is 9.97 Å². The number of benzene rings is 1. The highest BCUT2D eigenvalue weighted by Gasteiger charge is 2.36.